The molecule has 0 N–H and O–H groups in total. The molecule has 1 aromatic heterocycles. The first-order valence-electron chi connectivity index (χ1n) is 11.1. The summed E-state index contributed by atoms with van der Waals surface area (Å²) in [6.45, 7) is 0. The smallest absolute Gasteiger partial charge is 0.263 e. The molecule has 0 saturated carbocycles. The summed E-state index contributed by atoms with van der Waals surface area (Å²) in [7, 11) is 0. The van der Waals surface area contributed by atoms with Crippen LogP contribution in [0.1, 0.15) is 0 Å². The molecule has 0 amide bonds. The summed E-state index contributed by atoms with van der Waals surface area (Å²) < 4.78 is 1.86. The molecule has 0 saturated heterocycles. The van der Waals surface area contributed by atoms with Gasteiger partial charge in [-0.05, 0) is 51.9 Å². The molecule has 0 aliphatic rings. The predicted molar refractivity (Wildman–Crippen MR) is 138 cm³/mol. The highest BCUT2D eigenvalue weighted by atomic mass is 16.1. The Morgan fingerprint density at radius 2 is 1.00 bits per heavy atom. The SMILES string of the molecule is O=c1c2ccccc2c2ccc(-c3ccccc3)cc2n1-c1cccc(-c2ccccc2)c1. The van der Waals surface area contributed by atoms with Crippen molar-refractivity contribution < 1.29 is 0 Å². The van der Waals surface area contributed by atoms with Gasteiger partial charge < -0.3 is 0 Å². The highest BCUT2D eigenvalue weighted by Gasteiger charge is 2.14. The van der Waals surface area contributed by atoms with Gasteiger partial charge in [-0.25, -0.2) is 0 Å². The van der Waals surface area contributed by atoms with Crippen molar-refractivity contribution in [3.63, 3.8) is 0 Å². The summed E-state index contributed by atoms with van der Waals surface area (Å²) in [5.74, 6) is 0. The fraction of sp³-hybridized carbons (Fsp3) is 0. The van der Waals surface area contributed by atoms with Crippen LogP contribution < -0.4 is 5.56 Å². The van der Waals surface area contributed by atoms with E-state index in [-0.39, 0.29) is 5.56 Å². The van der Waals surface area contributed by atoms with Gasteiger partial charge in [0.2, 0.25) is 0 Å². The molecule has 6 aromatic rings. The molecular formula is C31H21NO. The number of rotatable bonds is 3. The Balaban J connectivity index is 1.68. The third-order valence-corrected chi connectivity index (χ3v) is 6.21. The van der Waals surface area contributed by atoms with Crippen molar-refractivity contribution in [3.05, 3.63) is 138 Å². The molecule has 0 atom stereocenters. The second kappa shape index (κ2) is 7.92. The van der Waals surface area contributed by atoms with Crippen LogP contribution in [-0.4, -0.2) is 4.57 Å². The Morgan fingerprint density at radius 1 is 0.424 bits per heavy atom. The summed E-state index contributed by atoms with van der Waals surface area (Å²) in [6, 6.07) is 43.0. The molecule has 0 aliphatic heterocycles. The Morgan fingerprint density at radius 3 is 1.70 bits per heavy atom. The second-order valence-corrected chi connectivity index (χ2v) is 8.20. The molecule has 1 heterocycles. The van der Waals surface area contributed by atoms with Crippen LogP contribution in [-0.2, 0) is 0 Å². The van der Waals surface area contributed by atoms with Crippen molar-refractivity contribution in [2.45, 2.75) is 0 Å². The number of hydrogen-bond acceptors (Lipinski definition) is 1. The summed E-state index contributed by atoms with van der Waals surface area (Å²) >= 11 is 0. The lowest BCUT2D eigenvalue weighted by Gasteiger charge is -2.16. The van der Waals surface area contributed by atoms with Crippen molar-refractivity contribution in [3.8, 4) is 27.9 Å². The molecule has 0 spiro atoms. The minimum Gasteiger partial charge on any atom is -0.276 e. The van der Waals surface area contributed by atoms with Crippen LogP contribution in [0, 0.1) is 0 Å². The molecule has 0 aliphatic carbocycles. The number of benzene rings is 5. The van der Waals surface area contributed by atoms with E-state index >= 15 is 0 Å². The lowest BCUT2D eigenvalue weighted by molar-refractivity contribution is 1.06. The first kappa shape index (κ1) is 19.3. The molecule has 0 bridgehead atoms. The van der Waals surface area contributed by atoms with E-state index in [0.717, 1.165) is 49.6 Å². The van der Waals surface area contributed by atoms with E-state index in [1.54, 1.807) is 0 Å². The van der Waals surface area contributed by atoms with Crippen molar-refractivity contribution in [1.29, 1.82) is 0 Å². The van der Waals surface area contributed by atoms with E-state index in [2.05, 4.69) is 54.6 Å². The highest BCUT2D eigenvalue weighted by Crippen LogP contribution is 2.30. The van der Waals surface area contributed by atoms with Crippen LogP contribution >= 0.6 is 0 Å². The topological polar surface area (TPSA) is 22.0 Å². The summed E-state index contributed by atoms with van der Waals surface area (Å²) in [4.78, 5) is 13.8. The Bertz CT molecular complexity index is 1660. The third-order valence-electron chi connectivity index (χ3n) is 6.21. The minimum atomic E-state index is -0.00600. The van der Waals surface area contributed by atoms with Gasteiger partial charge in [-0.15, -0.1) is 0 Å². The number of nitrogens with zero attached hydrogens (tertiary/aromatic N) is 1. The number of aromatic nitrogens is 1. The summed E-state index contributed by atoms with van der Waals surface area (Å²) in [6.07, 6.45) is 0. The molecule has 0 unspecified atom stereocenters. The Labute approximate surface area is 192 Å². The fourth-order valence-corrected chi connectivity index (χ4v) is 4.60. The maximum absolute atomic E-state index is 13.8. The van der Waals surface area contributed by atoms with Crippen molar-refractivity contribution in [2.24, 2.45) is 0 Å². The molecule has 2 nitrogen and oxygen atoms in total. The Kier molecular flexibility index (Phi) is 4.63. The van der Waals surface area contributed by atoms with Crippen LogP contribution in [0.3, 0.4) is 0 Å². The second-order valence-electron chi connectivity index (χ2n) is 8.20. The van der Waals surface area contributed by atoms with Gasteiger partial charge in [-0.3, -0.25) is 9.36 Å². The van der Waals surface area contributed by atoms with Gasteiger partial charge in [0.25, 0.3) is 5.56 Å². The molecule has 156 valence electrons. The van der Waals surface area contributed by atoms with Gasteiger partial charge in [-0.2, -0.15) is 0 Å². The number of fused-ring (bicyclic) bond motifs is 3. The monoisotopic (exact) mass is 423 g/mol. The van der Waals surface area contributed by atoms with Crippen molar-refractivity contribution in [1.82, 2.24) is 4.57 Å². The van der Waals surface area contributed by atoms with Gasteiger partial charge in [0, 0.05) is 16.5 Å². The van der Waals surface area contributed by atoms with Gasteiger partial charge in [0.1, 0.15) is 0 Å². The zero-order valence-corrected chi connectivity index (χ0v) is 18.0. The quantitative estimate of drug-likeness (QED) is 0.271. The van der Waals surface area contributed by atoms with Crippen LogP contribution in [0.25, 0.3) is 49.6 Å². The average Bonchev–Trinajstić information content (AvgIpc) is 2.90. The van der Waals surface area contributed by atoms with E-state index in [0.29, 0.717) is 0 Å². The van der Waals surface area contributed by atoms with Gasteiger partial charge in [-0.1, -0.05) is 103 Å². The van der Waals surface area contributed by atoms with Gasteiger partial charge in [0.05, 0.1) is 5.52 Å². The van der Waals surface area contributed by atoms with E-state index < -0.39 is 0 Å². The molecule has 2 heteroatoms. The van der Waals surface area contributed by atoms with Crippen LogP contribution in [0.5, 0.6) is 0 Å². The van der Waals surface area contributed by atoms with Crippen LogP contribution in [0.15, 0.2) is 132 Å². The number of pyridine rings is 1. The minimum absolute atomic E-state index is 0.00600. The van der Waals surface area contributed by atoms with Crippen molar-refractivity contribution >= 4 is 21.7 Å². The molecule has 5 aromatic carbocycles. The maximum atomic E-state index is 13.8. The molecular weight excluding hydrogens is 402 g/mol. The average molecular weight is 424 g/mol. The third kappa shape index (κ3) is 3.33. The predicted octanol–water partition coefficient (Wildman–Crippen LogP) is 7.48. The van der Waals surface area contributed by atoms with E-state index in [4.69, 9.17) is 0 Å². The zero-order chi connectivity index (χ0) is 22.2. The van der Waals surface area contributed by atoms with E-state index in [9.17, 15) is 4.79 Å². The summed E-state index contributed by atoms with van der Waals surface area (Å²) in [5, 5.41) is 2.77. The van der Waals surface area contributed by atoms with Gasteiger partial charge in [0.15, 0.2) is 0 Å². The molecule has 33 heavy (non-hydrogen) atoms. The van der Waals surface area contributed by atoms with E-state index in [1.807, 2.05) is 77.4 Å². The zero-order valence-electron chi connectivity index (χ0n) is 18.0. The van der Waals surface area contributed by atoms with Crippen LogP contribution in [0.4, 0.5) is 0 Å². The van der Waals surface area contributed by atoms with Crippen LogP contribution in [0.2, 0.25) is 0 Å². The lowest BCUT2D eigenvalue weighted by atomic mass is 10.00. The first-order valence-corrected chi connectivity index (χ1v) is 11.1. The first-order chi connectivity index (χ1) is 16.3. The molecule has 6 rings (SSSR count). The Hall–Kier alpha value is -4.43. The molecule has 0 fully saturated rings. The standard InChI is InChI=1S/C31H21NO/c33-31-29-17-8-7-16-27(29)28-19-18-25(23-12-5-2-6-13-23)21-30(28)32(31)26-15-9-14-24(20-26)22-10-3-1-4-11-22/h1-21H. The lowest BCUT2D eigenvalue weighted by Crippen LogP contribution is -2.19. The molecule has 0 radical (unpaired) electrons. The number of hydrogen-bond donors (Lipinski definition) is 0. The van der Waals surface area contributed by atoms with Gasteiger partial charge >= 0.3 is 0 Å². The highest BCUT2D eigenvalue weighted by molar-refractivity contribution is 6.07. The van der Waals surface area contributed by atoms with Crippen molar-refractivity contribution in [2.75, 3.05) is 0 Å². The largest absolute Gasteiger partial charge is 0.276 e. The maximum Gasteiger partial charge on any atom is 0.263 e. The van der Waals surface area contributed by atoms with E-state index in [1.165, 1.54) is 0 Å². The normalized spacial score (nSPS) is 11.2. The fourth-order valence-electron chi connectivity index (χ4n) is 4.60. The summed E-state index contributed by atoms with van der Waals surface area (Å²) in [5.41, 5.74) is 6.19.